The summed E-state index contributed by atoms with van der Waals surface area (Å²) in [5.74, 6) is 0.654. The molecule has 1 aromatic carbocycles. The molecule has 0 bridgehead atoms. The highest BCUT2D eigenvalue weighted by atomic mass is 35.5. The van der Waals surface area contributed by atoms with Crippen LogP contribution in [0.15, 0.2) is 18.2 Å². The van der Waals surface area contributed by atoms with Gasteiger partial charge in [0.15, 0.2) is 5.13 Å². The van der Waals surface area contributed by atoms with E-state index in [1.54, 1.807) is 23.5 Å². The molecule has 1 saturated heterocycles. The van der Waals surface area contributed by atoms with Gasteiger partial charge in [-0.25, -0.2) is 4.98 Å². The van der Waals surface area contributed by atoms with Crippen molar-refractivity contribution in [3.8, 4) is 0 Å². The molecule has 1 aliphatic rings. The Kier molecular flexibility index (Phi) is 4.97. The van der Waals surface area contributed by atoms with Crippen molar-refractivity contribution in [2.45, 2.75) is 6.42 Å². The first-order valence-electron chi connectivity index (χ1n) is 6.60. The van der Waals surface area contributed by atoms with Crippen LogP contribution >= 0.6 is 23.7 Å². The summed E-state index contributed by atoms with van der Waals surface area (Å²) in [5.41, 5.74) is 0.799. The molecule has 2 aromatic rings. The second kappa shape index (κ2) is 6.55. The molecule has 0 amide bonds. The second-order valence-corrected chi connectivity index (χ2v) is 6.15. The molecule has 1 fully saturated rings. The van der Waals surface area contributed by atoms with Gasteiger partial charge >= 0.3 is 0 Å². The van der Waals surface area contributed by atoms with Gasteiger partial charge in [-0.1, -0.05) is 11.3 Å². The van der Waals surface area contributed by atoms with Gasteiger partial charge in [0.05, 0.1) is 15.1 Å². The van der Waals surface area contributed by atoms with Gasteiger partial charge in [0.2, 0.25) is 0 Å². The quantitative estimate of drug-likeness (QED) is 0.690. The van der Waals surface area contributed by atoms with Crippen molar-refractivity contribution in [3.63, 3.8) is 0 Å². The average molecular weight is 329 g/mol. The molecule has 6 nitrogen and oxygen atoms in total. The summed E-state index contributed by atoms with van der Waals surface area (Å²) >= 11 is 1.58. The molecule has 1 atom stereocenters. The molecule has 0 aliphatic carbocycles. The number of nitrogens with zero attached hydrogens (tertiary/aromatic N) is 3. The van der Waals surface area contributed by atoms with Crippen molar-refractivity contribution in [1.29, 1.82) is 0 Å². The van der Waals surface area contributed by atoms with Crippen LogP contribution in [-0.4, -0.2) is 36.6 Å². The Morgan fingerprint density at radius 1 is 1.57 bits per heavy atom. The molecule has 8 heteroatoms. The summed E-state index contributed by atoms with van der Waals surface area (Å²) in [6.45, 7) is 3.11. The van der Waals surface area contributed by atoms with Crippen LogP contribution in [0, 0.1) is 16.0 Å². The summed E-state index contributed by atoms with van der Waals surface area (Å²) in [6.07, 6.45) is 1.20. The summed E-state index contributed by atoms with van der Waals surface area (Å²) in [7, 11) is 2.03. The maximum atomic E-state index is 10.8. The number of aromatic nitrogens is 1. The molecular weight excluding hydrogens is 312 g/mol. The van der Waals surface area contributed by atoms with Gasteiger partial charge in [-0.2, -0.15) is 0 Å². The zero-order chi connectivity index (χ0) is 14.1. The third-order valence-corrected chi connectivity index (χ3v) is 4.74. The summed E-state index contributed by atoms with van der Waals surface area (Å²) in [4.78, 5) is 17.1. The van der Waals surface area contributed by atoms with E-state index in [9.17, 15) is 10.1 Å². The number of benzene rings is 1. The molecule has 1 aromatic heterocycles. The Morgan fingerprint density at radius 3 is 3.05 bits per heavy atom. The number of hydrogen-bond acceptors (Lipinski definition) is 6. The number of halogens is 1. The van der Waals surface area contributed by atoms with Crippen LogP contribution in [0.5, 0.6) is 0 Å². The number of nitrogens with one attached hydrogen (secondary N) is 1. The first-order valence-corrected chi connectivity index (χ1v) is 7.42. The van der Waals surface area contributed by atoms with Gasteiger partial charge in [0.25, 0.3) is 5.69 Å². The standard InChI is InChI=1S/C13H16N4O2S.ClH/c1-16(8-9-4-5-14-7-9)13-15-11-6-10(17(18)19)2-3-12(11)20-13;/h2-3,6,9,14H,4-5,7-8H2,1H3;1H. The van der Waals surface area contributed by atoms with Crippen molar-refractivity contribution in [2.75, 3.05) is 31.6 Å². The summed E-state index contributed by atoms with van der Waals surface area (Å²) < 4.78 is 0.988. The smallest absolute Gasteiger partial charge is 0.271 e. The topological polar surface area (TPSA) is 71.3 Å². The minimum absolute atomic E-state index is 0. The number of hydrogen-bond donors (Lipinski definition) is 1. The molecule has 21 heavy (non-hydrogen) atoms. The highest BCUT2D eigenvalue weighted by Gasteiger charge is 2.18. The van der Waals surface area contributed by atoms with Crippen molar-refractivity contribution in [3.05, 3.63) is 28.3 Å². The molecule has 0 radical (unpaired) electrons. The normalized spacial score (nSPS) is 17.7. The van der Waals surface area contributed by atoms with Crippen molar-refractivity contribution in [2.24, 2.45) is 5.92 Å². The number of fused-ring (bicyclic) bond motifs is 1. The zero-order valence-corrected chi connectivity index (χ0v) is 13.2. The molecule has 1 N–H and O–H groups in total. The predicted molar refractivity (Wildman–Crippen MR) is 87.8 cm³/mol. The predicted octanol–water partition coefficient (Wildman–Crippen LogP) is 2.67. The lowest BCUT2D eigenvalue weighted by atomic mass is 10.1. The van der Waals surface area contributed by atoms with Crippen LogP contribution in [-0.2, 0) is 0 Å². The first-order chi connectivity index (χ1) is 9.63. The fourth-order valence-corrected chi connectivity index (χ4v) is 3.43. The van der Waals surface area contributed by atoms with E-state index < -0.39 is 0 Å². The van der Waals surface area contributed by atoms with Gasteiger partial charge < -0.3 is 10.2 Å². The molecule has 1 unspecified atom stereocenters. The summed E-state index contributed by atoms with van der Waals surface area (Å²) in [6, 6.07) is 4.85. The Labute approximate surface area is 132 Å². The van der Waals surface area contributed by atoms with Gasteiger partial charge in [-0.3, -0.25) is 10.1 Å². The lowest BCUT2D eigenvalue weighted by Gasteiger charge is -2.19. The van der Waals surface area contributed by atoms with Gasteiger partial charge in [-0.05, 0) is 31.5 Å². The molecule has 0 saturated carbocycles. The van der Waals surface area contributed by atoms with E-state index in [1.807, 2.05) is 7.05 Å². The Hall–Kier alpha value is -1.44. The van der Waals surface area contributed by atoms with Crippen molar-refractivity contribution in [1.82, 2.24) is 10.3 Å². The van der Waals surface area contributed by atoms with Crippen molar-refractivity contribution < 1.29 is 4.92 Å². The molecular formula is C13H17ClN4O2S. The minimum Gasteiger partial charge on any atom is -0.351 e. The van der Waals surface area contributed by atoms with Crippen LogP contribution in [0.3, 0.4) is 0 Å². The largest absolute Gasteiger partial charge is 0.351 e. The van der Waals surface area contributed by atoms with Crippen LogP contribution < -0.4 is 10.2 Å². The number of nitro benzene ring substituents is 1. The van der Waals surface area contributed by atoms with Gasteiger partial charge in [0.1, 0.15) is 0 Å². The number of non-ortho nitro benzene ring substituents is 1. The van der Waals surface area contributed by atoms with Gasteiger partial charge in [0, 0.05) is 25.7 Å². The Bertz CT molecular complexity index is 642. The van der Waals surface area contributed by atoms with Crippen molar-refractivity contribution >= 4 is 44.8 Å². The van der Waals surface area contributed by atoms with Crippen LogP contribution in [0.2, 0.25) is 0 Å². The highest BCUT2D eigenvalue weighted by molar-refractivity contribution is 7.22. The monoisotopic (exact) mass is 328 g/mol. The highest BCUT2D eigenvalue weighted by Crippen LogP contribution is 2.31. The SMILES string of the molecule is CN(CC1CCNC1)c1nc2cc([N+](=O)[O-])ccc2s1.Cl. The lowest BCUT2D eigenvalue weighted by Crippen LogP contribution is -2.26. The van der Waals surface area contributed by atoms with E-state index in [4.69, 9.17) is 0 Å². The average Bonchev–Trinajstić information content (AvgIpc) is 3.05. The second-order valence-electron chi connectivity index (χ2n) is 5.14. The van der Waals surface area contributed by atoms with E-state index in [-0.39, 0.29) is 23.0 Å². The van der Waals surface area contributed by atoms with E-state index in [0.29, 0.717) is 11.4 Å². The molecule has 2 heterocycles. The number of anilines is 1. The van der Waals surface area contributed by atoms with E-state index in [1.165, 1.54) is 12.5 Å². The molecule has 114 valence electrons. The lowest BCUT2D eigenvalue weighted by molar-refractivity contribution is -0.384. The fraction of sp³-hybridized carbons (Fsp3) is 0.462. The maximum absolute atomic E-state index is 10.8. The van der Waals surface area contributed by atoms with Crippen LogP contribution in [0.1, 0.15) is 6.42 Å². The van der Waals surface area contributed by atoms with E-state index in [0.717, 1.165) is 29.5 Å². The zero-order valence-electron chi connectivity index (χ0n) is 11.6. The molecule has 1 aliphatic heterocycles. The first kappa shape index (κ1) is 15.9. The minimum atomic E-state index is -0.383. The number of rotatable bonds is 4. The van der Waals surface area contributed by atoms with E-state index in [2.05, 4.69) is 15.2 Å². The van der Waals surface area contributed by atoms with Gasteiger partial charge in [-0.15, -0.1) is 12.4 Å². The summed E-state index contributed by atoms with van der Waals surface area (Å²) in [5, 5.41) is 15.1. The van der Waals surface area contributed by atoms with Crippen LogP contribution in [0.4, 0.5) is 10.8 Å². The van der Waals surface area contributed by atoms with Crippen LogP contribution in [0.25, 0.3) is 10.2 Å². The third kappa shape index (κ3) is 3.42. The maximum Gasteiger partial charge on any atom is 0.271 e. The Balaban J connectivity index is 0.00000161. The number of nitro groups is 1. The fourth-order valence-electron chi connectivity index (χ4n) is 2.52. The third-order valence-electron chi connectivity index (χ3n) is 3.59. The van der Waals surface area contributed by atoms with E-state index >= 15 is 0 Å². The number of thiazole rings is 1. The molecule has 0 spiro atoms. The Morgan fingerprint density at radius 2 is 2.38 bits per heavy atom. The molecule has 3 rings (SSSR count).